The van der Waals surface area contributed by atoms with Crippen LogP contribution in [0.2, 0.25) is 0 Å². The number of halogens is 1. The molecule has 0 aliphatic rings. The fraction of sp³-hybridized carbons (Fsp3) is 0.333. The zero-order valence-corrected chi connectivity index (χ0v) is 9.66. The van der Waals surface area contributed by atoms with Crippen molar-refractivity contribution < 1.29 is 4.92 Å². The van der Waals surface area contributed by atoms with Gasteiger partial charge >= 0.3 is 0 Å². The normalized spacial score (nSPS) is 10.0. The number of nitrogens with one attached hydrogen (secondary N) is 1. The first-order valence-electron chi connectivity index (χ1n) is 4.53. The van der Waals surface area contributed by atoms with Gasteiger partial charge in [0.2, 0.25) is 0 Å². The SMILES string of the molecule is NCCCNc1cc([N+](=O)[O-])ccc1Br. The molecule has 0 atom stereocenters. The minimum Gasteiger partial charge on any atom is -0.384 e. The topological polar surface area (TPSA) is 81.2 Å². The van der Waals surface area contributed by atoms with Gasteiger partial charge in [-0.15, -0.1) is 0 Å². The van der Waals surface area contributed by atoms with Crippen molar-refractivity contribution in [1.82, 2.24) is 0 Å². The Morgan fingerprint density at radius 2 is 2.27 bits per heavy atom. The van der Waals surface area contributed by atoms with Crippen molar-refractivity contribution in [3.8, 4) is 0 Å². The summed E-state index contributed by atoms with van der Waals surface area (Å²) in [6, 6.07) is 4.61. The Labute approximate surface area is 95.9 Å². The van der Waals surface area contributed by atoms with E-state index in [0.717, 1.165) is 16.6 Å². The number of rotatable bonds is 5. The largest absolute Gasteiger partial charge is 0.384 e. The van der Waals surface area contributed by atoms with Crippen LogP contribution in [0.15, 0.2) is 22.7 Å². The van der Waals surface area contributed by atoms with E-state index < -0.39 is 4.92 Å². The molecule has 0 unspecified atom stereocenters. The molecule has 0 spiro atoms. The molecule has 0 fully saturated rings. The van der Waals surface area contributed by atoms with E-state index in [2.05, 4.69) is 21.2 Å². The fourth-order valence-corrected chi connectivity index (χ4v) is 1.47. The van der Waals surface area contributed by atoms with E-state index in [1.807, 2.05) is 0 Å². The molecule has 0 aromatic heterocycles. The van der Waals surface area contributed by atoms with Crippen LogP contribution in [0, 0.1) is 10.1 Å². The minimum atomic E-state index is -0.416. The Balaban J connectivity index is 2.76. The van der Waals surface area contributed by atoms with E-state index in [9.17, 15) is 10.1 Å². The van der Waals surface area contributed by atoms with Crippen LogP contribution in [0.5, 0.6) is 0 Å². The second-order valence-electron chi connectivity index (χ2n) is 2.99. The van der Waals surface area contributed by atoms with Crippen molar-refractivity contribution in [1.29, 1.82) is 0 Å². The van der Waals surface area contributed by atoms with Crippen LogP contribution < -0.4 is 11.1 Å². The molecule has 82 valence electrons. The molecule has 0 bridgehead atoms. The molecule has 1 aromatic carbocycles. The molecule has 6 heteroatoms. The molecule has 0 aliphatic heterocycles. The average Bonchev–Trinajstić information content (AvgIpc) is 2.20. The first-order chi connectivity index (χ1) is 7.15. The molecular formula is C9H12BrN3O2. The van der Waals surface area contributed by atoms with Crippen molar-refractivity contribution >= 4 is 27.3 Å². The lowest BCUT2D eigenvalue weighted by molar-refractivity contribution is -0.384. The summed E-state index contributed by atoms with van der Waals surface area (Å²) >= 11 is 3.32. The third-order valence-corrected chi connectivity index (χ3v) is 2.55. The first kappa shape index (κ1) is 11.9. The van der Waals surface area contributed by atoms with Gasteiger partial charge in [0.25, 0.3) is 5.69 Å². The molecular weight excluding hydrogens is 262 g/mol. The molecule has 3 N–H and O–H groups in total. The molecule has 0 saturated carbocycles. The van der Waals surface area contributed by atoms with Gasteiger partial charge in [-0.25, -0.2) is 0 Å². The van der Waals surface area contributed by atoms with Gasteiger partial charge in [-0.1, -0.05) is 0 Å². The Kier molecular flexibility index (Phi) is 4.51. The molecule has 0 heterocycles. The van der Waals surface area contributed by atoms with Crippen LogP contribution >= 0.6 is 15.9 Å². The van der Waals surface area contributed by atoms with E-state index in [-0.39, 0.29) is 5.69 Å². The molecule has 0 aliphatic carbocycles. The van der Waals surface area contributed by atoms with Gasteiger partial charge < -0.3 is 11.1 Å². The van der Waals surface area contributed by atoms with Gasteiger partial charge in [-0.2, -0.15) is 0 Å². The Bertz CT molecular complexity index is 357. The van der Waals surface area contributed by atoms with E-state index in [4.69, 9.17) is 5.73 Å². The summed E-state index contributed by atoms with van der Waals surface area (Å²) in [4.78, 5) is 10.1. The summed E-state index contributed by atoms with van der Waals surface area (Å²) in [5.41, 5.74) is 6.15. The lowest BCUT2D eigenvalue weighted by atomic mass is 10.2. The van der Waals surface area contributed by atoms with E-state index in [0.29, 0.717) is 13.1 Å². The number of nitrogens with two attached hydrogens (primary N) is 1. The lowest BCUT2D eigenvalue weighted by Crippen LogP contribution is -2.08. The van der Waals surface area contributed by atoms with E-state index in [1.54, 1.807) is 6.07 Å². The number of nitro benzene ring substituents is 1. The standard InChI is InChI=1S/C9H12BrN3O2/c10-8-3-2-7(13(14)15)6-9(8)12-5-1-4-11/h2-3,6,12H,1,4-5,11H2. The number of non-ortho nitro benzene ring substituents is 1. The molecule has 5 nitrogen and oxygen atoms in total. The van der Waals surface area contributed by atoms with Gasteiger partial charge in [-0.3, -0.25) is 10.1 Å². The Morgan fingerprint density at radius 1 is 1.53 bits per heavy atom. The molecule has 0 saturated heterocycles. The van der Waals surface area contributed by atoms with E-state index in [1.165, 1.54) is 12.1 Å². The van der Waals surface area contributed by atoms with Crippen LogP contribution in [0.3, 0.4) is 0 Å². The van der Waals surface area contributed by atoms with Gasteiger partial charge in [0.1, 0.15) is 0 Å². The van der Waals surface area contributed by atoms with Gasteiger partial charge in [0, 0.05) is 23.2 Å². The maximum absolute atomic E-state index is 10.5. The van der Waals surface area contributed by atoms with Crippen molar-refractivity contribution in [3.05, 3.63) is 32.8 Å². The first-order valence-corrected chi connectivity index (χ1v) is 5.32. The second-order valence-corrected chi connectivity index (χ2v) is 3.84. The van der Waals surface area contributed by atoms with Crippen molar-refractivity contribution in [3.63, 3.8) is 0 Å². The summed E-state index contributed by atoms with van der Waals surface area (Å²) in [5, 5.41) is 13.6. The molecule has 15 heavy (non-hydrogen) atoms. The number of nitro groups is 1. The monoisotopic (exact) mass is 273 g/mol. The van der Waals surface area contributed by atoms with Gasteiger partial charge in [0.05, 0.1) is 10.6 Å². The lowest BCUT2D eigenvalue weighted by Gasteiger charge is -2.07. The number of nitrogens with zero attached hydrogens (tertiary/aromatic N) is 1. The molecule has 0 radical (unpaired) electrons. The van der Waals surface area contributed by atoms with Gasteiger partial charge in [0.15, 0.2) is 0 Å². The highest BCUT2D eigenvalue weighted by Gasteiger charge is 2.08. The summed E-state index contributed by atoms with van der Waals surface area (Å²) in [7, 11) is 0. The van der Waals surface area contributed by atoms with Crippen LogP contribution in [0.4, 0.5) is 11.4 Å². The number of anilines is 1. The van der Waals surface area contributed by atoms with Crippen LogP contribution in [-0.2, 0) is 0 Å². The summed E-state index contributed by atoms with van der Waals surface area (Å²) < 4.78 is 0.810. The van der Waals surface area contributed by atoms with Crippen LogP contribution in [0.1, 0.15) is 6.42 Å². The summed E-state index contributed by atoms with van der Waals surface area (Å²) in [6.07, 6.45) is 0.829. The van der Waals surface area contributed by atoms with Crippen molar-refractivity contribution in [2.45, 2.75) is 6.42 Å². The summed E-state index contributed by atoms with van der Waals surface area (Å²) in [6.45, 7) is 1.30. The highest BCUT2D eigenvalue weighted by molar-refractivity contribution is 9.10. The molecule has 1 rings (SSSR count). The highest BCUT2D eigenvalue weighted by Crippen LogP contribution is 2.26. The van der Waals surface area contributed by atoms with Crippen LogP contribution in [0.25, 0.3) is 0 Å². The fourth-order valence-electron chi connectivity index (χ4n) is 1.09. The highest BCUT2D eigenvalue weighted by atomic mass is 79.9. The third kappa shape index (κ3) is 3.49. The predicted molar refractivity (Wildman–Crippen MR) is 63.0 cm³/mol. The van der Waals surface area contributed by atoms with Crippen molar-refractivity contribution in [2.75, 3.05) is 18.4 Å². The Hall–Kier alpha value is -1.14. The number of hydrogen-bond acceptors (Lipinski definition) is 4. The van der Waals surface area contributed by atoms with Gasteiger partial charge in [-0.05, 0) is 35.0 Å². The predicted octanol–water partition coefficient (Wildman–Crippen LogP) is 2.12. The number of benzene rings is 1. The average molecular weight is 274 g/mol. The second kappa shape index (κ2) is 5.67. The van der Waals surface area contributed by atoms with E-state index >= 15 is 0 Å². The molecule has 0 amide bonds. The number of hydrogen-bond donors (Lipinski definition) is 2. The quantitative estimate of drug-likeness (QED) is 0.489. The van der Waals surface area contributed by atoms with Crippen LogP contribution in [-0.4, -0.2) is 18.0 Å². The summed E-state index contributed by atoms with van der Waals surface area (Å²) in [5.74, 6) is 0. The smallest absolute Gasteiger partial charge is 0.271 e. The van der Waals surface area contributed by atoms with Crippen molar-refractivity contribution in [2.24, 2.45) is 5.73 Å². The minimum absolute atomic E-state index is 0.0773. The maximum Gasteiger partial charge on any atom is 0.271 e. The zero-order valence-electron chi connectivity index (χ0n) is 8.07. The third-order valence-electron chi connectivity index (χ3n) is 1.86. The molecule has 1 aromatic rings. The Morgan fingerprint density at radius 3 is 2.87 bits per heavy atom. The maximum atomic E-state index is 10.5. The zero-order chi connectivity index (χ0) is 11.3.